The van der Waals surface area contributed by atoms with E-state index in [1.54, 1.807) is 30.3 Å². The number of sulfone groups is 1. The van der Waals surface area contributed by atoms with E-state index < -0.39 is 29.9 Å². The molecule has 0 radical (unpaired) electrons. The van der Waals surface area contributed by atoms with Crippen LogP contribution in [0.25, 0.3) is 9.10 Å². The molecule has 30 heavy (non-hydrogen) atoms. The standard InChI is InChI=1S/C12H9N2O2S.C6H4NO4S2/c13-14-11-8-4-5-9-12(11)17(15,16)10-6-2-1-3-7-10;8-12(9)5-3-1-2-4-6(5)13(10,11)7-12/h1-9H;1-4H/q+1;-1. The number of hydrogen-bond acceptors (Lipinski definition) is 7. The highest BCUT2D eigenvalue weighted by Gasteiger charge is 2.27. The van der Waals surface area contributed by atoms with E-state index in [1.807, 2.05) is 0 Å². The molecule has 0 spiro atoms. The average Bonchev–Trinajstić information content (AvgIpc) is 2.93. The van der Waals surface area contributed by atoms with Crippen LogP contribution in [0.4, 0.5) is 5.69 Å². The highest BCUT2D eigenvalue weighted by molar-refractivity contribution is 8.14. The Labute approximate surface area is 173 Å². The first-order valence-corrected chi connectivity index (χ1v) is 12.5. The molecule has 0 saturated heterocycles. The minimum atomic E-state index is -3.98. The fraction of sp³-hybridized carbons (Fsp3) is 0. The molecule has 9 nitrogen and oxygen atoms in total. The number of fused-ring (bicyclic) bond motifs is 1. The molecular formula is C18H13N3O6S3. The summed E-state index contributed by atoms with van der Waals surface area (Å²) in [5.74, 6) is 0. The Balaban J connectivity index is 0.000000177. The summed E-state index contributed by atoms with van der Waals surface area (Å²) in [7, 11) is -11.6. The number of hydrogen-bond donors (Lipinski definition) is 0. The first kappa shape index (κ1) is 21.6. The van der Waals surface area contributed by atoms with Gasteiger partial charge in [-0.2, -0.15) is 0 Å². The van der Waals surface area contributed by atoms with Crippen LogP contribution in [0.3, 0.4) is 0 Å². The predicted octanol–water partition coefficient (Wildman–Crippen LogP) is 3.46. The molecule has 1 aliphatic rings. The zero-order valence-electron chi connectivity index (χ0n) is 15.0. The van der Waals surface area contributed by atoms with Crippen molar-refractivity contribution in [2.75, 3.05) is 0 Å². The van der Waals surface area contributed by atoms with E-state index in [9.17, 15) is 25.3 Å². The third kappa shape index (κ3) is 4.10. The van der Waals surface area contributed by atoms with Crippen LogP contribution in [0, 0.1) is 5.39 Å². The Morgan fingerprint density at radius 3 is 1.70 bits per heavy atom. The van der Waals surface area contributed by atoms with Gasteiger partial charge in [0.15, 0.2) is 9.87 Å². The predicted molar refractivity (Wildman–Crippen MR) is 107 cm³/mol. The molecule has 0 bridgehead atoms. The summed E-state index contributed by atoms with van der Waals surface area (Å²) < 4.78 is 71.7. The van der Waals surface area contributed by atoms with E-state index in [0.29, 0.717) is 0 Å². The maximum Gasteiger partial charge on any atom is 0.403 e. The van der Waals surface area contributed by atoms with Gasteiger partial charge in [0.05, 0.1) is 14.7 Å². The van der Waals surface area contributed by atoms with E-state index in [4.69, 9.17) is 5.39 Å². The Morgan fingerprint density at radius 2 is 1.17 bits per heavy atom. The van der Waals surface area contributed by atoms with Gasteiger partial charge in [0, 0.05) is 6.07 Å². The van der Waals surface area contributed by atoms with Crippen LogP contribution < -0.4 is 0 Å². The maximum absolute atomic E-state index is 12.2. The van der Waals surface area contributed by atoms with E-state index in [1.165, 1.54) is 48.5 Å². The van der Waals surface area contributed by atoms with Crippen molar-refractivity contribution in [1.29, 1.82) is 5.39 Å². The van der Waals surface area contributed by atoms with Crippen LogP contribution in [-0.4, -0.2) is 25.3 Å². The molecule has 0 aromatic heterocycles. The molecule has 3 aromatic rings. The molecule has 0 aliphatic carbocycles. The average molecular weight is 464 g/mol. The van der Waals surface area contributed by atoms with Crippen molar-refractivity contribution in [1.82, 2.24) is 0 Å². The highest BCUT2D eigenvalue weighted by Crippen LogP contribution is 2.37. The van der Waals surface area contributed by atoms with Crippen molar-refractivity contribution in [3.8, 4) is 0 Å². The second-order valence-electron chi connectivity index (χ2n) is 5.86. The Morgan fingerprint density at radius 1 is 0.700 bits per heavy atom. The fourth-order valence-electron chi connectivity index (χ4n) is 2.58. The molecule has 12 heteroatoms. The van der Waals surface area contributed by atoms with Gasteiger partial charge in [-0.3, -0.25) is 0 Å². The molecule has 0 atom stereocenters. The number of benzene rings is 3. The van der Waals surface area contributed by atoms with Crippen LogP contribution in [0.15, 0.2) is 98.4 Å². The second-order valence-corrected chi connectivity index (χ2v) is 11.1. The van der Waals surface area contributed by atoms with Crippen molar-refractivity contribution in [3.05, 3.63) is 88.0 Å². The fourth-order valence-corrected chi connectivity index (χ4v) is 7.44. The van der Waals surface area contributed by atoms with Gasteiger partial charge in [-0.05, 0) is 30.3 Å². The summed E-state index contributed by atoms with van der Waals surface area (Å²) in [6.45, 7) is 0. The number of sulfonamides is 2. The monoisotopic (exact) mass is 463 g/mol. The minimum Gasteiger partial charge on any atom is -0.428 e. The van der Waals surface area contributed by atoms with Crippen LogP contribution in [0.5, 0.6) is 0 Å². The van der Waals surface area contributed by atoms with Gasteiger partial charge in [-0.25, -0.2) is 25.3 Å². The number of nitrogens with zero attached hydrogens (tertiary/aromatic N) is 3. The van der Waals surface area contributed by atoms with E-state index in [2.05, 4.69) is 9.10 Å². The molecule has 154 valence electrons. The zero-order chi connectivity index (χ0) is 22.0. The first-order chi connectivity index (χ1) is 14.1. The van der Waals surface area contributed by atoms with E-state index in [-0.39, 0.29) is 25.3 Å². The van der Waals surface area contributed by atoms with Gasteiger partial charge >= 0.3 is 5.69 Å². The quantitative estimate of drug-likeness (QED) is 0.529. The van der Waals surface area contributed by atoms with Gasteiger partial charge in [0.2, 0.25) is 15.2 Å². The highest BCUT2D eigenvalue weighted by atomic mass is 32.3. The number of rotatable bonds is 2. The van der Waals surface area contributed by atoms with E-state index >= 15 is 0 Å². The Bertz CT molecular complexity index is 1410. The molecule has 1 aliphatic heterocycles. The summed E-state index contributed by atoms with van der Waals surface area (Å²) in [6.07, 6.45) is 0. The van der Waals surface area contributed by atoms with Crippen molar-refractivity contribution < 1.29 is 25.3 Å². The van der Waals surface area contributed by atoms with Crippen molar-refractivity contribution in [3.63, 3.8) is 0 Å². The van der Waals surface area contributed by atoms with Crippen LogP contribution >= 0.6 is 0 Å². The SMILES string of the molecule is N#[N+]c1ccccc1S(=O)(=O)c1ccccc1.O=S1(=O)[N-]S(=O)(=O)c2ccccc21. The lowest BCUT2D eigenvalue weighted by Gasteiger charge is -2.05. The summed E-state index contributed by atoms with van der Waals surface area (Å²) in [6, 6.07) is 19.4. The Kier molecular flexibility index (Phi) is 5.73. The van der Waals surface area contributed by atoms with Gasteiger partial charge in [-0.1, -0.05) is 42.5 Å². The van der Waals surface area contributed by atoms with Gasteiger partial charge in [-0.15, -0.1) is 0 Å². The topological polar surface area (TPSA) is 145 Å². The lowest BCUT2D eigenvalue weighted by Crippen LogP contribution is -2.01. The van der Waals surface area contributed by atoms with Crippen molar-refractivity contribution in [2.45, 2.75) is 19.6 Å². The molecule has 4 rings (SSSR count). The van der Waals surface area contributed by atoms with Gasteiger partial charge < -0.3 is 4.13 Å². The third-order valence-electron chi connectivity index (χ3n) is 3.92. The maximum atomic E-state index is 12.2. The third-order valence-corrected chi connectivity index (χ3v) is 9.26. The van der Waals surface area contributed by atoms with Crippen molar-refractivity contribution in [2.24, 2.45) is 0 Å². The zero-order valence-corrected chi connectivity index (χ0v) is 17.5. The van der Waals surface area contributed by atoms with Gasteiger partial charge in [0.1, 0.15) is 20.0 Å². The van der Waals surface area contributed by atoms with Crippen LogP contribution in [0.1, 0.15) is 0 Å². The molecule has 0 unspecified atom stereocenters. The largest absolute Gasteiger partial charge is 0.428 e. The van der Waals surface area contributed by atoms with Crippen molar-refractivity contribution >= 4 is 35.6 Å². The van der Waals surface area contributed by atoms with Gasteiger partial charge in [0.25, 0.3) is 0 Å². The molecule has 0 amide bonds. The lowest BCUT2D eigenvalue weighted by molar-refractivity contribution is 0.596. The molecule has 3 aromatic carbocycles. The molecule has 0 saturated carbocycles. The summed E-state index contributed by atoms with van der Waals surface area (Å²) in [5.41, 5.74) is 0.0383. The molecular weight excluding hydrogens is 450 g/mol. The summed E-state index contributed by atoms with van der Waals surface area (Å²) >= 11 is 0. The lowest BCUT2D eigenvalue weighted by atomic mass is 10.3. The summed E-state index contributed by atoms with van der Waals surface area (Å²) in [5, 5.41) is 8.79. The smallest absolute Gasteiger partial charge is 0.403 e. The summed E-state index contributed by atoms with van der Waals surface area (Å²) in [4.78, 5) is 2.67. The minimum absolute atomic E-state index is 0.00583. The Hall–Kier alpha value is -3.11. The van der Waals surface area contributed by atoms with E-state index in [0.717, 1.165) is 0 Å². The molecule has 1 heterocycles. The normalized spacial score (nSPS) is 15.8. The van der Waals surface area contributed by atoms with Crippen LogP contribution in [0.2, 0.25) is 0 Å². The second kappa shape index (κ2) is 7.96. The number of diazo groups is 1. The molecule has 0 N–H and O–H groups in total. The molecule has 0 fully saturated rings. The first-order valence-electron chi connectivity index (χ1n) is 8.17. The van der Waals surface area contributed by atoms with Crippen LogP contribution in [-0.2, 0) is 29.9 Å².